The normalized spacial score (nSPS) is 11.2. The maximum Gasteiger partial charge on any atom is 0.350 e. The zero-order valence-corrected chi connectivity index (χ0v) is 11.2. The summed E-state index contributed by atoms with van der Waals surface area (Å²) in [6, 6.07) is 0. The summed E-state index contributed by atoms with van der Waals surface area (Å²) in [5.41, 5.74) is -1.81. The van der Waals surface area contributed by atoms with E-state index in [0.717, 1.165) is 10.8 Å². The van der Waals surface area contributed by atoms with Gasteiger partial charge in [0, 0.05) is 13.6 Å². The standard InChI is InChI=1S/C10H15N5O5/c1-10(2,8(17)12-11)5-14-7(16)6(15(19)20)4-13(3)9(14)18/h4H,5,11H2,1-3H3,(H,12,17). The van der Waals surface area contributed by atoms with Crippen molar-refractivity contribution in [3.8, 4) is 0 Å². The monoisotopic (exact) mass is 285 g/mol. The molecule has 110 valence electrons. The molecule has 0 saturated carbocycles. The zero-order valence-electron chi connectivity index (χ0n) is 11.2. The molecule has 0 fully saturated rings. The van der Waals surface area contributed by atoms with Gasteiger partial charge in [0.2, 0.25) is 5.91 Å². The van der Waals surface area contributed by atoms with Gasteiger partial charge in [-0.2, -0.15) is 0 Å². The van der Waals surface area contributed by atoms with Crippen LogP contribution in [0.25, 0.3) is 0 Å². The van der Waals surface area contributed by atoms with Gasteiger partial charge >= 0.3 is 16.9 Å². The number of amides is 1. The van der Waals surface area contributed by atoms with Gasteiger partial charge in [0.1, 0.15) is 0 Å². The first-order valence-electron chi connectivity index (χ1n) is 5.57. The third kappa shape index (κ3) is 2.74. The molecule has 1 rings (SSSR count). The molecule has 3 N–H and O–H groups in total. The van der Waals surface area contributed by atoms with E-state index in [1.165, 1.54) is 20.9 Å². The Morgan fingerprint density at radius 3 is 2.50 bits per heavy atom. The van der Waals surface area contributed by atoms with E-state index < -0.39 is 33.2 Å². The fourth-order valence-electron chi connectivity index (χ4n) is 1.64. The molecule has 10 heteroatoms. The first-order chi connectivity index (χ1) is 9.11. The number of hydrogen-bond donors (Lipinski definition) is 2. The summed E-state index contributed by atoms with van der Waals surface area (Å²) in [7, 11) is 1.28. The third-order valence-corrected chi connectivity index (χ3v) is 2.81. The lowest BCUT2D eigenvalue weighted by atomic mass is 9.92. The molecule has 10 nitrogen and oxygen atoms in total. The van der Waals surface area contributed by atoms with Crippen LogP contribution in [0.1, 0.15) is 13.8 Å². The Balaban J connectivity index is 3.47. The number of nitrogens with one attached hydrogen (secondary N) is 1. The number of hydrogen-bond acceptors (Lipinski definition) is 6. The van der Waals surface area contributed by atoms with Crippen molar-refractivity contribution < 1.29 is 9.72 Å². The molecule has 0 spiro atoms. The Bertz CT molecular complexity index is 672. The molecule has 0 bridgehead atoms. The van der Waals surface area contributed by atoms with Crippen LogP contribution in [0, 0.1) is 15.5 Å². The lowest BCUT2D eigenvalue weighted by Gasteiger charge is -2.22. The molecule has 20 heavy (non-hydrogen) atoms. The molecule has 0 aliphatic carbocycles. The number of carbonyl (C=O) groups is 1. The fraction of sp³-hybridized carbons (Fsp3) is 0.500. The number of rotatable bonds is 4. The molecule has 0 unspecified atom stereocenters. The lowest BCUT2D eigenvalue weighted by molar-refractivity contribution is -0.387. The van der Waals surface area contributed by atoms with E-state index in [1.54, 1.807) is 0 Å². The highest BCUT2D eigenvalue weighted by molar-refractivity contribution is 5.81. The van der Waals surface area contributed by atoms with E-state index in [1.807, 2.05) is 5.43 Å². The van der Waals surface area contributed by atoms with Crippen molar-refractivity contribution in [2.24, 2.45) is 18.3 Å². The average molecular weight is 285 g/mol. The van der Waals surface area contributed by atoms with Crippen molar-refractivity contribution >= 4 is 11.6 Å². The average Bonchev–Trinajstić information content (AvgIpc) is 2.37. The van der Waals surface area contributed by atoms with Crippen LogP contribution in [0.5, 0.6) is 0 Å². The molecule has 1 aromatic heterocycles. The number of nitro groups is 1. The van der Waals surface area contributed by atoms with E-state index in [2.05, 4.69) is 0 Å². The Morgan fingerprint density at radius 2 is 2.05 bits per heavy atom. The van der Waals surface area contributed by atoms with E-state index in [0.29, 0.717) is 4.57 Å². The fourth-order valence-corrected chi connectivity index (χ4v) is 1.64. The second-order valence-electron chi connectivity index (χ2n) is 4.91. The summed E-state index contributed by atoms with van der Waals surface area (Å²) in [6.07, 6.45) is 0.844. The zero-order chi connectivity index (χ0) is 15.7. The summed E-state index contributed by atoms with van der Waals surface area (Å²) in [5, 5.41) is 10.8. The van der Waals surface area contributed by atoms with Crippen LogP contribution < -0.4 is 22.5 Å². The molecular weight excluding hydrogens is 270 g/mol. The van der Waals surface area contributed by atoms with Gasteiger partial charge in [-0.3, -0.25) is 34.3 Å². The van der Waals surface area contributed by atoms with Crippen LogP contribution in [-0.4, -0.2) is 20.0 Å². The Hall–Kier alpha value is -2.49. The van der Waals surface area contributed by atoms with Crippen LogP contribution in [0.4, 0.5) is 5.69 Å². The van der Waals surface area contributed by atoms with Gasteiger partial charge in [-0.05, 0) is 13.8 Å². The Kier molecular flexibility index (Phi) is 4.08. The predicted octanol–water partition coefficient (Wildman–Crippen LogP) is -1.53. The topological polar surface area (TPSA) is 142 Å². The van der Waals surface area contributed by atoms with Gasteiger partial charge in [0.05, 0.1) is 16.5 Å². The van der Waals surface area contributed by atoms with Crippen molar-refractivity contribution in [1.82, 2.24) is 14.6 Å². The van der Waals surface area contributed by atoms with Crippen molar-refractivity contribution in [2.45, 2.75) is 20.4 Å². The van der Waals surface area contributed by atoms with Crippen molar-refractivity contribution in [1.29, 1.82) is 0 Å². The summed E-state index contributed by atoms with van der Waals surface area (Å²) in [4.78, 5) is 45.3. The van der Waals surface area contributed by atoms with Crippen LogP contribution >= 0.6 is 0 Å². The second-order valence-corrected chi connectivity index (χ2v) is 4.91. The number of carbonyl (C=O) groups excluding carboxylic acids is 1. The summed E-state index contributed by atoms with van der Waals surface area (Å²) >= 11 is 0. The quantitative estimate of drug-likeness (QED) is 0.297. The molecular formula is C10H15N5O5. The van der Waals surface area contributed by atoms with Crippen molar-refractivity contribution in [3.05, 3.63) is 37.1 Å². The molecule has 0 aromatic carbocycles. The molecule has 1 heterocycles. The van der Waals surface area contributed by atoms with E-state index in [9.17, 15) is 24.5 Å². The summed E-state index contributed by atoms with van der Waals surface area (Å²) in [5.74, 6) is 4.42. The summed E-state index contributed by atoms with van der Waals surface area (Å²) < 4.78 is 1.56. The molecule has 1 aromatic rings. The van der Waals surface area contributed by atoms with Crippen molar-refractivity contribution in [3.63, 3.8) is 0 Å². The van der Waals surface area contributed by atoms with E-state index in [-0.39, 0.29) is 6.54 Å². The minimum atomic E-state index is -1.18. The first-order valence-corrected chi connectivity index (χ1v) is 5.57. The number of nitrogens with zero attached hydrogens (tertiary/aromatic N) is 3. The molecule has 0 aliphatic heterocycles. The van der Waals surface area contributed by atoms with Crippen molar-refractivity contribution in [2.75, 3.05) is 0 Å². The maximum atomic E-state index is 11.9. The van der Waals surface area contributed by atoms with Gasteiger partial charge in [-0.1, -0.05) is 0 Å². The lowest BCUT2D eigenvalue weighted by Crippen LogP contribution is -2.48. The smallest absolute Gasteiger partial charge is 0.297 e. The highest BCUT2D eigenvalue weighted by Crippen LogP contribution is 2.16. The van der Waals surface area contributed by atoms with Gasteiger partial charge in [0.25, 0.3) is 0 Å². The minimum absolute atomic E-state index is 0.330. The molecule has 0 saturated heterocycles. The Labute approximate surface area is 112 Å². The molecule has 1 amide bonds. The SMILES string of the molecule is Cn1cc([N+](=O)[O-])c(=O)n(CC(C)(C)C(=O)NN)c1=O. The Morgan fingerprint density at radius 1 is 1.50 bits per heavy atom. The maximum absolute atomic E-state index is 11.9. The highest BCUT2D eigenvalue weighted by atomic mass is 16.6. The van der Waals surface area contributed by atoms with Gasteiger partial charge in [-0.25, -0.2) is 10.6 Å². The molecule has 0 aliphatic rings. The van der Waals surface area contributed by atoms with Crippen LogP contribution in [0.3, 0.4) is 0 Å². The van der Waals surface area contributed by atoms with Gasteiger partial charge in [0.15, 0.2) is 0 Å². The van der Waals surface area contributed by atoms with Crippen LogP contribution in [0.2, 0.25) is 0 Å². The van der Waals surface area contributed by atoms with Crippen LogP contribution in [-0.2, 0) is 18.4 Å². The number of aryl methyl sites for hydroxylation is 1. The number of nitrogens with two attached hydrogens (primary N) is 1. The number of hydrazine groups is 1. The van der Waals surface area contributed by atoms with E-state index >= 15 is 0 Å². The van der Waals surface area contributed by atoms with Crippen LogP contribution in [0.15, 0.2) is 15.8 Å². The second kappa shape index (κ2) is 5.25. The first kappa shape index (κ1) is 15.6. The molecule has 0 atom stereocenters. The summed E-state index contributed by atoms with van der Waals surface area (Å²) in [6.45, 7) is 2.59. The molecule has 0 radical (unpaired) electrons. The largest absolute Gasteiger partial charge is 0.350 e. The third-order valence-electron chi connectivity index (χ3n) is 2.81. The predicted molar refractivity (Wildman–Crippen MR) is 68.7 cm³/mol. The van der Waals surface area contributed by atoms with Gasteiger partial charge in [-0.15, -0.1) is 0 Å². The number of aromatic nitrogens is 2. The highest BCUT2D eigenvalue weighted by Gasteiger charge is 2.30. The van der Waals surface area contributed by atoms with Gasteiger partial charge < -0.3 is 0 Å². The minimum Gasteiger partial charge on any atom is -0.297 e. The van der Waals surface area contributed by atoms with E-state index in [4.69, 9.17) is 5.84 Å².